The van der Waals surface area contributed by atoms with Crippen molar-refractivity contribution in [3.63, 3.8) is 0 Å². The van der Waals surface area contributed by atoms with E-state index in [1.54, 1.807) is 0 Å². The van der Waals surface area contributed by atoms with Gasteiger partial charge in [-0.2, -0.15) is 0 Å². The van der Waals surface area contributed by atoms with Crippen LogP contribution in [-0.4, -0.2) is 36.1 Å². The summed E-state index contributed by atoms with van der Waals surface area (Å²) >= 11 is 0. The first-order valence-corrected chi connectivity index (χ1v) is 5.04. The van der Waals surface area contributed by atoms with Gasteiger partial charge in [-0.25, -0.2) is 4.63 Å². The summed E-state index contributed by atoms with van der Waals surface area (Å²) in [5.74, 6) is -0.318. The summed E-state index contributed by atoms with van der Waals surface area (Å²) < 4.78 is 14.4. The van der Waals surface area contributed by atoms with Crippen molar-refractivity contribution in [1.82, 2.24) is 10.3 Å². The minimum Gasteiger partial charge on any atom is -0.463 e. The number of hydrogen-bond donors (Lipinski definition) is 1. The summed E-state index contributed by atoms with van der Waals surface area (Å²) in [6.45, 7) is 3.29. The quantitative estimate of drug-likeness (QED) is 0.525. The lowest BCUT2D eigenvalue weighted by molar-refractivity contribution is -0.144. The molecule has 0 aliphatic carbocycles. The van der Waals surface area contributed by atoms with Crippen molar-refractivity contribution in [2.45, 2.75) is 19.8 Å². The fourth-order valence-electron chi connectivity index (χ4n) is 0.985. The smallest absolute Gasteiger partial charge is 0.312 e. The molecule has 0 bridgehead atoms. The summed E-state index contributed by atoms with van der Waals surface area (Å²) in [5, 5.41) is 6.82. The molecule has 0 saturated heterocycles. The standard InChI is InChI=1S/C9H15N3O4/c1-2-3-14-4-5-15-8(13)6-7-9(10)12-16-11-7/h2-6H2,1H3,(H2,10,12). The highest BCUT2D eigenvalue weighted by Gasteiger charge is 2.12. The molecule has 0 aliphatic heterocycles. The number of anilines is 1. The Balaban J connectivity index is 2.14. The van der Waals surface area contributed by atoms with Gasteiger partial charge in [-0.1, -0.05) is 12.1 Å². The van der Waals surface area contributed by atoms with Crippen LogP contribution in [0.25, 0.3) is 0 Å². The van der Waals surface area contributed by atoms with E-state index in [-0.39, 0.29) is 18.8 Å². The number of aromatic nitrogens is 2. The van der Waals surface area contributed by atoms with E-state index in [2.05, 4.69) is 14.9 Å². The highest BCUT2D eigenvalue weighted by molar-refractivity contribution is 5.73. The van der Waals surface area contributed by atoms with Gasteiger partial charge in [-0.3, -0.25) is 4.79 Å². The van der Waals surface area contributed by atoms with E-state index in [1.165, 1.54) is 0 Å². The molecule has 0 amide bonds. The largest absolute Gasteiger partial charge is 0.463 e. The Morgan fingerprint density at radius 2 is 2.19 bits per heavy atom. The van der Waals surface area contributed by atoms with E-state index >= 15 is 0 Å². The second-order valence-corrected chi connectivity index (χ2v) is 3.11. The molecule has 1 aromatic heterocycles. The van der Waals surface area contributed by atoms with Crippen molar-refractivity contribution < 1.29 is 18.9 Å². The van der Waals surface area contributed by atoms with Gasteiger partial charge in [0.25, 0.3) is 0 Å². The first-order chi connectivity index (χ1) is 7.74. The second kappa shape index (κ2) is 6.78. The Hall–Kier alpha value is -1.63. The molecule has 0 radical (unpaired) electrons. The number of nitrogens with zero attached hydrogens (tertiary/aromatic N) is 2. The van der Waals surface area contributed by atoms with Crippen molar-refractivity contribution in [1.29, 1.82) is 0 Å². The summed E-state index contributed by atoms with van der Waals surface area (Å²) in [5.41, 5.74) is 5.67. The van der Waals surface area contributed by atoms with Gasteiger partial charge >= 0.3 is 5.97 Å². The number of rotatable bonds is 7. The lowest BCUT2D eigenvalue weighted by Gasteiger charge is -2.04. The van der Waals surface area contributed by atoms with Crippen LogP contribution in [0.15, 0.2) is 4.63 Å². The van der Waals surface area contributed by atoms with Gasteiger partial charge in [0.15, 0.2) is 5.82 Å². The first-order valence-electron chi connectivity index (χ1n) is 5.04. The van der Waals surface area contributed by atoms with Crippen LogP contribution in [0, 0.1) is 0 Å². The fourth-order valence-corrected chi connectivity index (χ4v) is 0.985. The first kappa shape index (κ1) is 12.4. The normalized spacial score (nSPS) is 10.3. The Labute approximate surface area is 92.9 Å². The van der Waals surface area contributed by atoms with Gasteiger partial charge in [-0.05, 0) is 11.6 Å². The third kappa shape index (κ3) is 4.26. The van der Waals surface area contributed by atoms with E-state index < -0.39 is 5.97 Å². The summed E-state index contributed by atoms with van der Waals surface area (Å²) in [6, 6.07) is 0. The molecule has 16 heavy (non-hydrogen) atoms. The third-order valence-corrected chi connectivity index (χ3v) is 1.74. The molecular formula is C9H15N3O4. The zero-order chi connectivity index (χ0) is 11.8. The van der Waals surface area contributed by atoms with Crippen molar-refractivity contribution in [3.8, 4) is 0 Å². The van der Waals surface area contributed by atoms with Crippen molar-refractivity contribution in [2.75, 3.05) is 25.6 Å². The minimum absolute atomic E-state index is 0.0386. The molecule has 1 heterocycles. The Kier molecular flexibility index (Phi) is 5.27. The van der Waals surface area contributed by atoms with Crippen LogP contribution in [0.1, 0.15) is 19.0 Å². The van der Waals surface area contributed by atoms with Gasteiger partial charge in [0, 0.05) is 6.61 Å². The molecule has 2 N–H and O–H groups in total. The maximum absolute atomic E-state index is 11.3. The lowest BCUT2D eigenvalue weighted by Crippen LogP contribution is -2.13. The molecule has 7 heteroatoms. The second-order valence-electron chi connectivity index (χ2n) is 3.11. The van der Waals surface area contributed by atoms with Crippen molar-refractivity contribution in [2.24, 2.45) is 0 Å². The third-order valence-electron chi connectivity index (χ3n) is 1.74. The van der Waals surface area contributed by atoms with Crippen molar-refractivity contribution in [3.05, 3.63) is 5.69 Å². The van der Waals surface area contributed by atoms with Gasteiger partial charge in [0.2, 0.25) is 0 Å². The Morgan fingerprint density at radius 1 is 1.38 bits per heavy atom. The highest BCUT2D eigenvalue weighted by Crippen LogP contribution is 2.05. The number of nitrogens with two attached hydrogens (primary N) is 1. The zero-order valence-corrected chi connectivity index (χ0v) is 9.14. The molecule has 0 aliphatic rings. The van der Waals surface area contributed by atoms with Gasteiger partial charge in [0.1, 0.15) is 12.3 Å². The van der Waals surface area contributed by atoms with Crippen LogP contribution in [0.2, 0.25) is 0 Å². The molecule has 0 unspecified atom stereocenters. The van der Waals surface area contributed by atoms with Crippen LogP contribution < -0.4 is 5.73 Å². The van der Waals surface area contributed by atoms with Gasteiger partial charge in [-0.15, -0.1) is 0 Å². The molecule has 0 aromatic carbocycles. The number of esters is 1. The molecule has 0 spiro atoms. The minimum atomic E-state index is -0.428. The van der Waals surface area contributed by atoms with Crippen LogP contribution in [-0.2, 0) is 20.7 Å². The molecule has 0 atom stereocenters. The Bertz CT molecular complexity index is 326. The van der Waals surface area contributed by atoms with Crippen LogP contribution >= 0.6 is 0 Å². The summed E-state index contributed by atoms with van der Waals surface area (Å²) in [6.07, 6.45) is 0.901. The monoisotopic (exact) mass is 229 g/mol. The number of hydrogen-bond acceptors (Lipinski definition) is 7. The number of carbonyl (C=O) groups is 1. The Morgan fingerprint density at radius 3 is 2.81 bits per heavy atom. The zero-order valence-electron chi connectivity index (χ0n) is 9.14. The van der Waals surface area contributed by atoms with E-state index in [4.69, 9.17) is 15.2 Å². The molecule has 7 nitrogen and oxygen atoms in total. The predicted octanol–water partition coefficient (Wildman–Crippen LogP) is 0.164. The fraction of sp³-hybridized carbons (Fsp3) is 0.667. The molecule has 0 fully saturated rings. The summed E-state index contributed by atoms with van der Waals surface area (Å²) in [4.78, 5) is 11.3. The lowest BCUT2D eigenvalue weighted by atomic mass is 10.3. The topological polar surface area (TPSA) is 100 Å². The number of ether oxygens (including phenoxy) is 2. The predicted molar refractivity (Wildman–Crippen MR) is 54.5 cm³/mol. The maximum atomic E-state index is 11.3. The van der Waals surface area contributed by atoms with Crippen LogP contribution in [0.3, 0.4) is 0 Å². The highest BCUT2D eigenvalue weighted by atomic mass is 16.6. The van der Waals surface area contributed by atoms with Gasteiger partial charge in [0.05, 0.1) is 13.0 Å². The van der Waals surface area contributed by atoms with E-state index in [1.807, 2.05) is 6.92 Å². The van der Waals surface area contributed by atoms with Crippen LogP contribution in [0.5, 0.6) is 0 Å². The van der Waals surface area contributed by atoms with E-state index in [0.717, 1.165) is 6.42 Å². The molecule has 0 saturated carbocycles. The average molecular weight is 229 g/mol. The molecule has 1 aromatic rings. The SMILES string of the molecule is CCCOCCOC(=O)Cc1nonc1N. The van der Waals surface area contributed by atoms with Crippen LogP contribution in [0.4, 0.5) is 5.82 Å². The van der Waals surface area contributed by atoms with E-state index in [9.17, 15) is 4.79 Å². The average Bonchev–Trinajstić information content (AvgIpc) is 2.64. The number of carbonyl (C=O) groups excluding carboxylic acids is 1. The molecule has 90 valence electrons. The maximum Gasteiger partial charge on any atom is 0.312 e. The van der Waals surface area contributed by atoms with Crippen molar-refractivity contribution >= 4 is 11.8 Å². The molecule has 1 rings (SSSR count). The molecular weight excluding hydrogens is 214 g/mol. The van der Waals surface area contributed by atoms with Gasteiger partial charge < -0.3 is 15.2 Å². The van der Waals surface area contributed by atoms with E-state index in [0.29, 0.717) is 18.9 Å². The summed E-state index contributed by atoms with van der Waals surface area (Å²) in [7, 11) is 0. The number of nitrogen functional groups attached to an aromatic ring is 1.